The number of aromatic nitrogens is 1. The lowest BCUT2D eigenvalue weighted by Crippen LogP contribution is -2.39. The Bertz CT molecular complexity index is 471. The van der Waals surface area contributed by atoms with Gasteiger partial charge in [-0.3, -0.25) is 0 Å². The first-order chi connectivity index (χ1) is 8.51. The molecule has 3 nitrogen and oxygen atoms in total. The van der Waals surface area contributed by atoms with Gasteiger partial charge >= 0.3 is 0 Å². The van der Waals surface area contributed by atoms with Crippen molar-refractivity contribution in [1.29, 1.82) is 5.26 Å². The van der Waals surface area contributed by atoms with Crippen LogP contribution in [0.4, 0.5) is 5.82 Å². The molecule has 1 aromatic heterocycles. The third kappa shape index (κ3) is 2.81. The van der Waals surface area contributed by atoms with Crippen molar-refractivity contribution in [2.24, 2.45) is 5.41 Å². The molecule has 96 valence electrons. The fraction of sp³-hybridized carbons (Fsp3) is 0.600. The van der Waals surface area contributed by atoms with Crippen LogP contribution in [0.25, 0.3) is 0 Å². The van der Waals surface area contributed by atoms with E-state index in [-0.39, 0.29) is 0 Å². The van der Waals surface area contributed by atoms with Crippen molar-refractivity contribution in [3.63, 3.8) is 0 Å². The Balaban J connectivity index is 2.18. The van der Waals surface area contributed by atoms with Gasteiger partial charge in [-0.1, -0.05) is 26.7 Å². The molecule has 1 heterocycles. The predicted octanol–water partition coefficient (Wildman–Crippen LogP) is 3.64. The third-order valence-corrected chi connectivity index (χ3v) is 3.91. The number of hydrogen-bond donors (Lipinski definition) is 1. The predicted molar refractivity (Wildman–Crippen MR) is 73.3 cm³/mol. The second-order valence-corrected chi connectivity index (χ2v) is 5.93. The first-order valence-electron chi connectivity index (χ1n) is 6.66. The van der Waals surface area contributed by atoms with Gasteiger partial charge in [-0.05, 0) is 37.3 Å². The topological polar surface area (TPSA) is 48.7 Å². The summed E-state index contributed by atoms with van der Waals surface area (Å²) in [6, 6.07) is 6.30. The van der Waals surface area contributed by atoms with Crippen molar-refractivity contribution in [3.05, 3.63) is 23.4 Å². The van der Waals surface area contributed by atoms with Crippen LogP contribution >= 0.6 is 0 Å². The molecule has 0 amide bonds. The Morgan fingerprint density at radius 3 is 2.83 bits per heavy atom. The summed E-state index contributed by atoms with van der Waals surface area (Å²) in [5, 5.41) is 12.5. The van der Waals surface area contributed by atoms with Gasteiger partial charge in [0.15, 0.2) is 0 Å². The molecule has 1 aliphatic rings. The molecule has 1 aliphatic carbocycles. The first kappa shape index (κ1) is 12.9. The molecule has 1 atom stereocenters. The van der Waals surface area contributed by atoms with Gasteiger partial charge < -0.3 is 5.32 Å². The molecule has 1 fully saturated rings. The van der Waals surface area contributed by atoms with Crippen LogP contribution in [0.2, 0.25) is 0 Å². The second-order valence-electron chi connectivity index (χ2n) is 5.93. The van der Waals surface area contributed by atoms with Crippen LogP contribution in [0, 0.1) is 23.7 Å². The monoisotopic (exact) mass is 243 g/mol. The standard InChI is InChI=1S/C15H21N3/c1-11-8-12(10-16)9-14(17-11)18-13-6-4-5-7-15(13,2)3/h8-9,13H,4-7H2,1-3H3,(H,17,18). The van der Waals surface area contributed by atoms with Crippen LogP contribution in [0.3, 0.4) is 0 Å². The van der Waals surface area contributed by atoms with E-state index < -0.39 is 0 Å². The van der Waals surface area contributed by atoms with Crippen molar-refractivity contribution in [1.82, 2.24) is 4.98 Å². The van der Waals surface area contributed by atoms with E-state index in [1.807, 2.05) is 19.1 Å². The number of aryl methyl sites for hydroxylation is 1. The summed E-state index contributed by atoms with van der Waals surface area (Å²) < 4.78 is 0. The quantitative estimate of drug-likeness (QED) is 0.862. The fourth-order valence-corrected chi connectivity index (χ4v) is 2.75. The molecule has 18 heavy (non-hydrogen) atoms. The Hall–Kier alpha value is -1.56. The molecule has 1 saturated carbocycles. The van der Waals surface area contributed by atoms with Crippen LogP contribution in [0.1, 0.15) is 50.8 Å². The van der Waals surface area contributed by atoms with Gasteiger partial charge in [0.05, 0.1) is 11.6 Å². The highest BCUT2D eigenvalue weighted by Crippen LogP contribution is 2.37. The van der Waals surface area contributed by atoms with E-state index in [0.717, 1.165) is 11.5 Å². The normalized spacial score (nSPS) is 22.2. The summed E-state index contributed by atoms with van der Waals surface area (Å²) >= 11 is 0. The zero-order chi connectivity index (χ0) is 13.2. The largest absolute Gasteiger partial charge is 0.367 e. The summed E-state index contributed by atoms with van der Waals surface area (Å²) in [4.78, 5) is 4.48. The van der Waals surface area contributed by atoms with Crippen LogP contribution in [0.5, 0.6) is 0 Å². The molecule has 0 bridgehead atoms. The van der Waals surface area contributed by atoms with Crippen molar-refractivity contribution in [2.75, 3.05) is 5.32 Å². The van der Waals surface area contributed by atoms with Gasteiger partial charge in [0.1, 0.15) is 5.82 Å². The van der Waals surface area contributed by atoms with Gasteiger partial charge in [0, 0.05) is 11.7 Å². The van der Waals surface area contributed by atoms with Crippen LogP contribution in [0.15, 0.2) is 12.1 Å². The lowest BCUT2D eigenvalue weighted by molar-refractivity contribution is 0.216. The highest BCUT2D eigenvalue weighted by molar-refractivity contribution is 5.45. The van der Waals surface area contributed by atoms with Crippen molar-refractivity contribution >= 4 is 5.82 Å². The highest BCUT2D eigenvalue weighted by atomic mass is 15.0. The van der Waals surface area contributed by atoms with Crippen molar-refractivity contribution in [2.45, 2.75) is 52.5 Å². The maximum atomic E-state index is 8.99. The summed E-state index contributed by atoms with van der Waals surface area (Å²) in [5.41, 5.74) is 1.88. The van der Waals surface area contributed by atoms with E-state index in [1.165, 1.54) is 25.7 Å². The summed E-state index contributed by atoms with van der Waals surface area (Å²) in [6.45, 7) is 6.55. The van der Waals surface area contributed by atoms with Gasteiger partial charge in [-0.15, -0.1) is 0 Å². The smallest absolute Gasteiger partial charge is 0.127 e. The minimum Gasteiger partial charge on any atom is -0.367 e. The molecule has 1 N–H and O–H groups in total. The number of rotatable bonds is 2. The van der Waals surface area contributed by atoms with E-state index in [4.69, 9.17) is 5.26 Å². The number of pyridine rings is 1. The number of nitrogens with one attached hydrogen (secondary N) is 1. The number of anilines is 1. The second kappa shape index (κ2) is 4.97. The number of hydrogen-bond acceptors (Lipinski definition) is 3. The van der Waals surface area contributed by atoms with Gasteiger partial charge in [-0.25, -0.2) is 4.98 Å². The molecular weight excluding hydrogens is 222 g/mol. The number of nitriles is 1. The fourth-order valence-electron chi connectivity index (χ4n) is 2.75. The Morgan fingerprint density at radius 1 is 1.39 bits per heavy atom. The maximum absolute atomic E-state index is 8.99. The van der Waals surface area contributed by atoms with Crippen LogP contribution in [-0.4, -0.2) is 11.0 Å². The van der Waals surface area contributed by atoms with E-state index >= 15 is 0 Å². The molecule has 0 radical (unpaired) electrons. The zero-order valence-corrected chi connectivity index (χ0v) is 11.5. The molecule has 0 aromatic carbocycles. The lowest BCUT2D eigenvalue weighted by Gasteiger charge is -2.39. The Kier molecular flexibility index (Phi) is 3.56. The Morgan fingerprint density at radius 2 is 2.17 bits per heavy atom. The van der Waals surface area contributed by atoms with Crippen LogP contribution in [-0.2, 0) is 0 Å². The SMILES string of the molecule is Cc1cc(C#N)cc(NC2CCCCC2(C)C)n1. The first-order valence-corrected chi connectivity index (χ1v) is 6.66. The van der Waals surface area contributed by atoms with Crippen molar-refractivity contribution < 1.29 is 0 Å². The highest BCUT2D eigenvalue weighted by Gasteiger charge is 2.32. The lowest BCUT2D eigenvalue weighted by atomic mass is 9.73. The molecule has 0 saturated heterocycles. The Labute approximate surface area is 109 Å². The van der Waals surface area contributed by atoms with Gasteiger partial charge in [0.2, 0.25) is 0 Å². The molecule has 3 heteroatoms. The van der Waals surface area contributed by atoms with Crippen molar-refractivity contribution in [3.8, 4) is 6.07 Å². The molecule has 1 aromatic rings. The van der Waals surface area contributed by atoms with E-state index in [0.29, 0.717) is 17.0 Å². The van der Waals surface area contributed by atoms with E-state index in [1.54, 1.807) is 0 Å². The summed E-state index contributed by atoms with van der Waals surface area (Å²) in [6.07, 6.45) is 5.03. The maximum Gasteiger partial charge on any atom is 0.127 e. The molecule has 2 rings (SSSR count). The third-order valence-electron chi connectivity index (χ3n) is 3.91. The van der Waals surface area contributed by atoms with Gasteiger partial charge in [-0.2, -0.15) is 5.26 Å². The average molecular weight is 243 g/mol. The van der Waals surface area contributed by atoms with E-state index in [2.05, 4.69) is 30.2 Å². The molecule has 0 aliphatic heterocycles. The molecule has 1 unspecified atom stereocenters. The van der Waals surface area contributed by atoms with E-state index in [9.17, 15) is 0 Å². The molecular formula is C15H21N3. The summed E-state index contributed by atoms with van der Waals surface area (Å²) in [5.74, 6) is 0.839. The average Bonchev–Trinajstić information content (AvgIpc) is 2.31. The minimum absolute atomic E-state index is 0.302. The van der Waals surface area contributed by atoms with Gasteiger partial charge in [0.25, 0.3) is 0 Å². The zero-order valence-electron chi connectivity index (χ0n) is 11.5. The molecule has 0 spiro atoms. The number of nitrogens with zero attached hydrogens (tertiary/aromatic N) is 2. The summed E-state index contributed by atoms with van der Waals surface area (Å²) in [7, 11) is 0. The minimum atomic E-state index is 0.302. The van der Waals surface area contributed by atoms with Crippen LogP contribution < -0.4 is 5.32 Å².